The quantitative estimate of drug-likeness (QED) is 0.0394. The first-order valence-corrected chi connectivity index (χ1v) is 22.3. The van der Waals surface area contributed by atoms with Crippen molar-refractivity contribution >= 4 is 7.82 Å². The molecule has 6 nitrogen and oxygen atoms in total. The molecular weight excluding hydrogens is 605 g/mol. The van der Waals surface area contributed by atoms with Gasteiger partial charge in [0.1, 0.15) is 0 Å². The Labute approximate surface area is 295 Å². The smallest absolute Gasteiger partial charge is 0.381 e. The SMILES string of the molecule is CCCCCCCCC(CCCCCC)COCC(CCCCCC)CCCCCCCC.CCCCCCCCN.O=P(O)(O)O. The van der Waals surface area contributed by atoms with Crippen molar-refractivity contribution in [3.8, 4) is 0 Å². The van der Waals surface area contributed by atoms with Crippen LogP contribution in [0.5, 0.6) is 0 Å². The van der Waals surface area contributed by atoms with Gasteiger partial charge < -0.3 is 25.2 Å². The Hall–Kier alpha value is 0.0300. The molecule has 0 aromatic rings. The fraction of sp³-hybridized carbons (Fsp3) is 1.00. The molecule has 0 aliphatic rings. The molecule has 2 unspecified atom stereocenters. The van der Waals surface area contributed by atoms with Gasteiger partial charge in [0.2, 0.25) is 0 Å². The lowest BCUT2D eigenvalue weighted by molar-refractivity contribution is 0.0587. The predicted molar refractivity (Wildman–Crippen MR) is 208 cm³/mol. The summed E-state index contributed by atoms with van der Waals surface area (Å²) in [7, 11) is -4.64. The van der Waals surface area contributed by atoms with E-state index >= 15 is 0 Å². The van der Waals surface area contributed by atoms with Crippen molar-refractivity contribution < 1.29 is 24.0 Å². The minimum atomic E-state index is -4.64. The fourth-order valence-electron chi connectivity index (χ4n) is 6.09. The number of nitrogens with two attached hydrogens (primary N) is 1. The monoisotopic (exact) mass is 694 g/mol. The Kier molecular flexibility index (Phi) is 48.2. The summed E-state index contributed by atoms with van der Waals surface area (Å²) in [4.78, 5) is 21.6. The summed E-state index contributed by atoms with van der Waals surface area (Å²) in [6.07, 6.45) is 41.8. The Morgan fingerprint density at radius 2 is 0.638 bits per heavy atom. The van der Waals surface area contributed by atoms with E-state index in [0.717, 1.165) is 31.6 Å². The molecule has 0 rings (SSSR count). The highest BCUT2D eigenvalue weighted by molar-refractivity contribution is 7.45. The Bertz CT molecular complexity index is 543. The molecule has 0 radical (unpaired) electrons. The van der Waals surface area contributed by atoms with Crippen LogP contribution in [-0.2, 0) is 9.30 Å². The minimum Gasteiger partial charge on any atom is -0.381 e. The predicted octanol–water partition coefficient (Wildman–Crippen LogP) is 13.1. The van der Waals surface area contributed by atoms with Gasteiger partial charge in [-0.2, -0.15) is 0 Å². The molecule has 0 bridgehead atoms. The molecule has 0 aliphatic heterocycles. The average Bonchev–Trinajstić information content (AvgIpc) is 3.03. The highest BCUT2D eigenvalue weighted by Crippen LogP contribution is 2.26. The molecule has 0 saturated carbocycles. The van der Waals surface area contributed by atoms with Crippen LogP contribution < -0.4 is 5.73 Å². The standard InChI is InChI=1S/C32H66O.C8H19N.H3O4P/c1-5-9-13-17-19-23-27-31(25-21-15-11-7-3)29-33-30-32(26-22-16-12-8-4)28-24-20-18-14-10-6-2;1-2-3-4-5-6-7-8-9;1-5(2,3)4/h31-32H,5-30H2,1-4H3;2-9H2,1H3;(H3,1,2,3,4). The molecule has 7 heteroatoms. The molecule has 0 spiro atoms. The van der Waals surface area contributed by atoms with Gasteiger partial charge >= 0.3 is 7.82 Å². The van der Waals surface area contributed by atoms with Crippen molar-refractivity contribution in [1.82, 2.24) is 0 Å². The molecule has 0 heterocycles. The van der Waals surface area contributed by atoms with E-state index in [9.17, 15) is 0 Å². The van der Waals surface area contributed by atoms with Crippen LogP contribution in [0.4, 0.5) is 0 Å². The maximum Gasteiger partial charge on any atom is 0.466 e. The van der Waals surface area contributed by atoms with Crippen LogP contribution in [0.1, 0.15) is 227 Å². The third-order valence-electron chi connectivity index (χ3n) is 9.13. The average molecular weight is 694 g/mol. The maximum atomic E-state index is 8.88. The Morgan fingerprint density at radius 1 is 0.426 bits per heavy atom. The van der Waals surface area contributed by atoms with Gasteiger partial charge in [-0.15, -0.1) is 0 Å². The number of unbranched alkanes of at least 4 members (excludes halogenated alkanes) is 21. The normalized spacial score (nSPS) is 12.6. The van der Waals surface area contributed by atoms with E-state index in [1.807, 2.05) is 0 Å². The van der Waals surface area contributed by atoms with E-state index in [0.29, 0.717) is 0 Å². The van der Waals surface area contributed by atoms with Gasteiger partial charge in [-0.25, -0.2) is 4.57 Å². The van der Waals surface area contributed by atoms with Crippen molar-refractivity contribution in [3.05, 3.63) is 0 Å². The number of hydrogen-bond acceptors (Lipinski definition) is 3. The van der Waals surface area contributed by atoms with Crippen LogP contribution in [0.15, 0.2) is 0 Å². The van der Waals surface area contributed by atoms with Crippen LogP contribution >= 0.6 is 7.82 Å². The fourth-order valence-corrected chi connectivity index (χ4v) is 6.09. The molecule has 288 valence electrons. The van der Waals surface area contributed by atoms with Crippen LogP contribution in [0.25, 0.3) is 0 Å². The van der Waals surface area contributed by atoms with Crippen LogP contribution in [0.2, 0.25) is 0 Å². The largest absolute Gasteiger partial charge is 0.466 e. The minimum absolute atomic E-state index is 0.808. The first-order chi connectivity index (χ1) is 22.7. The molecule has 0 saturated heterocycles. The van der Waals surface area contributed by atoms with E-state index in [1.54, 1.807) is 0 Å². The van der Waals surface area contributed by atoms with E-state index in [2.05, 4.69) is 34.6 Å². The first-order valence-electron chi connectivity index (χ1n) is 20.8. The summed E-state index contributed by atoms with van der Waals surface area (Å²) in [6, 6.07) is 0. The van der Waals surface area contributed by atoms with Crippen molar-refractivity contribution in [2.24, 2.45) is 17.6 Å². The van der Waals surface area contributed by atoms with Crippen LogP contribution in [0, 0.1) is 11.8 Å². The zero-order chi connectivity index (χ0) is 35.7. The molecule has 5 N–H and O–H groups in total. The van der Waals surface area contributed by atoms with Gasteiger partial charge in [0.15, 0.2) is 0 Å². The lowest BCUT2D eigenvalue weighted by Gasteiger charge is -2.21. The zero-order valence-electron chi connectivity index (χ0n) is 32.7. The second-order valence-corrected chi connectivity index (χ2v) is 15.2. The molecule has 0 fully saturated rings. The number of hydrogen-bond donors (Lipinski definition) is 4. The van der Waals surface area contributed by atoms with Gasteiger partial charge in [0.05, 0.1) is 0 Å². The summed E-state index contributed by atoms with van der Waals surface area (Å²) < 4.78 is 15.3. The summed E-state index contributed by atoms with van der Waals surface area (Å²) in [5, 5.41) is 0. The van der Waals surface area contributed by atoms with Crippen molar-refractivity contribution in [3.63, 3.8) is 0 Å². The molecule has 2 atom stereocenters. The highest BCUT2D eigenvalue weighted by atomic mass is 31.2. The van der Waals surface area contributed by atoms with Gasteiger partial charge in [-0.05, 0) is 50.5 Å². The van der Waals surface area contributed by atoms with E-state index in [4.69, 9.17) is 29.7 Å². The van der Waals surface area contributed by atoms with E-state index in [-0.39, 0.29) is 0 Å². The number of ether oxygens (including phenoxy) is 1. The Balaban J connectivity index is -0.00000114. The Morgan fingerprint density at radius 3 is 0.894 bits per heavy atom. The van der Waals surface area contributed by atoms with Crippen molar-refractivity contribution in [1.29, 1.82) is 0 Å². The van der Waals surface area contributed by atoms with Crippen LogP contribution in [-0.4, -0.2) is 34.4 Å². The number of phosphoric acid groups is 1. The van der Waals surface area contributed by atoms with Gasteiger partial charge in [0.25, 0.3) is 0 Å². The molecule has 0 aromatic carbocycles. The topological polar surface area (TPSA) is 113 Å². The summed E-state index contributed by atoms with van der Waals surface area (Å²) in [6.45, 7) is 14.4. The second-order valence-electron chi connectivity index (χ2n) is 14.2. The third kappa shape index (κ3) is 55.7. The molecule has 0 aliphatic carbocycles. The molecule has 0 aromatic heterocycles. The van der Waals surface area contributed by atoms with E-state index in [1.165, 1.54) is 193 Å². The maximum absolute atomic E-state index is 8.88. The lowest BCUT2D eigenvalue weighted by atomic mass is 9.94. The van der Waals surface area contributed by atoms with Gasteiger partial charge in [-0.1, -0.05) is 195 Å². The molecule has 0 amide bonds. The lowest BCUT2D eigenvalue weighted by Crippen LogP contribution is -2.16. The molecule has 47 heavy (non-hydrogen) atoms. The van der Waals surface area contributed by atoms with Crippen LogP contribution in [0.3, 0.4) is 0 Å². The van der Waals surface area contributed by atoms with Crippen molar-refractivity contribution in [2.45, 2.75) is 227 Å². The second kappa shape index (κ2) is 44.1. The van der Waals surface area contributed by atoms with Crippen molar-refractivity contribution in [2.75, 3.05) is 19.8 Å². The summed E-state index contributed by atoms with van der Waals surface area (Å²) >= 11 is 0. The van der Waals surface area contributed by atoms with Gasteiger partial charge in [0, 0.05) is 13.2 Å². The van der Waals surface area contributed by atoms with Gasteiger partial charge in [-0.3, -0.25) is 0 Å². The number of rotatable bonds is 34. The third-order valence-corrected chi connectivity index (χ3v) is 9.13. The summed E-state index contributed by atoms with van der Waals surface area (Å²) in [5.41, 5.74) is 5.34. The zero-order valence-corrected chi connectivity index (χ0v) is 33.6. The first kappa shape index (κ1) is 51.4. The van der Waals surface area contributed by atoms with E-state index < -0.39 is 7.82 Å². The highest BCUT2D eigenvalue weighted by Gasteiger charge is 2.13. The summed E-state index contributed by atoms with van der Waals surface area (Å²) in [5.74, 6) is 1.62. The molecular formula is C40H88NO5P.